The molecule has 0 spiro atoms. The largest absolute Gasteiger partial charge is 0.345 e. The number of hydrogen-bond acceptors (Lipinski definition) is 4. The number of fused-ring (bicyclic) bond motifs is 1. The number of rotatable bonds is 6. The summed E-state index contributed by atoms with van der Waals surface area (Å²) in [6.07, 6.45) is 0.482. The zero-order valence-corrected chi connectivity index (χ0v) is 16.4. The van der Waals surface area contributed by atoms with E-state index >= 15 is 0 Å². The number of hydrogen-bond donors (Lipinski definition) is 1. The molecule has 1 N–H and O–H groups in total. The maximum atomic E-state index is 12.9. The molecule has 0 radical (unpaired) electrons. The molecule has 1 heterocycles. The van der Waals surface area contributed by atoms with Gasteiger partial charge in [0.1, 0.15) is 5.82 Å². The van der Waals surface area contributed by atoms with Crippen molar-refractivity contribution in [1.29, 1.82) is 0 Å². The quantitative estimate of drug-likeness (QED) is 0.388. The molecule has 150 valence electrons. The van der Waals surface area contributed by atoms with Crippen molar-refractivity contribution in [2.24, 2.45) is 7.05 Å². The lowest BCUT2D eigenvalue weighted by Gasteiger charge is -2.19. The fraction of sp³-hybridized carbons (Fsp3) is 0.130. The van der Waals surface area contributed by atoms with Crippen molar-refractivity contribution in [3.8, 4) is 0 Å². The van der Waals surface area contributed by atoms with Crippen LogP contribution in [0.2, 0.25) is 0 Å². The second kappa shape index (κ2) is 8.16. The molecule has 4 rings (SSSR count). The fourth-order valence-electron chi connectivity index (χ4n) is 3.50. The van der Waals surface area contributed by atoms with Crippen LogP contribution in [0.25, 0.3) is 11.0 Å². The molecular weight excluding hydrogens is 380 g/mol. The number of nitrogens with one attached hydrogen (secondary N) is 1. The van der Waals surface area contributed by atoms with E-state index in [1.807, 2.05) is 66.2 Å². The summed E-state index contributed by atoms with van der Waals surface area (Å²) >= 11 is 0. The predicted molar refractivity (Wildman–Crippen MR) is 114 cm³/mol. The molecule has 0 aliphatic heterocycles. The van der Waals surface area contributed by atoms with Crippen molar-refractivity contribution in [3.05, 3.63) is 106 Å². The summed E-state index contributed by atoms with van der Waals surface area (Å²) in [4.78, 5) is 28.1. The maximum Gasteiger partial charge on any atom is 0.270 e. The van der Waals surface area contributed by atoms with Crippen LogP contribution in [0.1, 0.15) is 27.8 Å². The Balaban J connectivity index is 1.65. The number of nitro groups is 1. The molecule has 0 fully saturated rings. The molecule has 7 heteroatoms. The highest BCUT2D eigenvalue weighted by Crippen LogP contribution is 2.22. The Labute approximate surface area is 173 Å². The zero-order valence-electron chi connectivity index (χ0n) is 16.4. The molecule has 0 unspecified atom stereocenters. The Morgan fingerprint density at radius 3 is 2.53 bits per heavy atom. The van der Waals surface area contributed by atoms with E-state index in [4.69, 9.17) is 4.98 Å². The van der Waals surface area contributed by atoms with Crippen LogP contribution in [0.5, 0.6) is 0 Å². The fourth-order valence-corrected chi connectivity index (χ4v) is 3.50. The number of non-ortho nitro benzene ring substituents is 1. The van der Waals surface area contributed by atoms with Crippen molar-refractivity contribution in [2.45, 2.75) is 12.5 Å². The number of carbonyl (C=O) groups excluding carboxylic acids is 1. The van der Waals surface area contributed by atoms with Gasteiger partial charge < -0.3 is 9.88 Å². The van der Waals surface area contributed by atoms with Crippen molar-refractivity contribution in [2.75, 3.05) is 0 Å². The van der Waals surface area contributed by atoms with Gasteiger partial charge in [-0.25, -0.2) is 4.98 Å². The van der Waals surface area contributed by atoms with Gasteiger partial charge in [-0.15, -0.1) is 0 Å². The van der Waals surface area contributed by atoms with Gasteiger partial charge in [0.05, 0.1) is 22.0 Å². The second-order valence-electron chi connectivity index (χ2n) is 7.02. The lowest BCUT2D eigenvalue weighted by molar-refractivity contribution is -0.384. The van der Waals surface area contributed by atoms with E-state index in [-0.39, 0.29) is 23.2 Å². The molecule has 3 aromatic carbocycles. The molecule has 1 atom stereocenters. The molecule has 4 aromatic rings. The monoisotopic (exact) mass is 400 g/mol. The Kier molecular flexibility index (Phi) is 5.26. The predicted octanol–water partition coefficient (Wildman–Crippen LogP) is 4.20. The van der Waals surface area contributed by atoms with E-state index < -0.39 is 4.92 Å². The lowest BCUT2D eigenvalue weighted by Crippen LogP contribution is -2.30. The van der Waals surface area contributed by atoms with E-state index in [2.05, 4.69) is 5.32 Å². The zero-order chi connectivity index (χ0) is 21.1. The second-order valence-corrected chi connectivity index (χ2v) is 7.02. The number of benzene rings is 3. The molecule has 1 amide bonds. The number of aromatic nitrogens is 2. The smallest absolute Gasteiger partial charge is 0.270 e. The van der Waals surface area contributed by atoms with Crippen LogP contribution in [-0.4, -0.2) is 20.4 Å². The summed E-state index contributed by atoms with van der Waals surface area (Å²) in [5.74, 6) is 0.468. The molecule has 30 heavy (non-hydrogen) atoms. The number of aryl methyl sites for hydroxylation is 1. The summed E-state index contributed by atoms with van der Waals surface area (Å²) in [5.41, 5.74) is 2.98. The third-order valence-electron chi connectivity index (χ3n) is 5.09. The molecular formula is C23H20N4O3. The lowest BCUT2D eigenvalue weighted by atomic mass is 10.0. The van der Waals surface area contributed by atoms with Gasteiger partial charge in [0.2, 0.25) is 0 Å². The van der Waals surface area contributed by atoms with E-state index in [1.165, 1.54) is 18.2 Å². The van der Waals surface area contributed by atoms with Crippen LogP contribution in [0, 0.1) is 10.1 Å². The summed E-state index contributed by atoms with van der Waals surface area (Å²) < 4.78 is 2.02. The average Bonchev–Trinajstić information content (AvgIpc) is 3.09. The normalized spacial score (nSPS) is 11.9. The first-order chi connectivity index (χ1) is 14.5. The molecule has 7 nitrogen and oxygen atoms in total. The van der Waals surface area contributed by atoms with Gasteiger partial charge in [-0.1, -0.05) is 48.5 Å². The Hall–Kier alpha value is -4.00. The van der Waals surface area contributed by atoms with Gasteiger partial charge in [0, 0.05) is 31.2 Å². The van der Waals surface area contributed by atoms with Crippen molar-refractivity contribution in [3.63, 3.8) is 0 Å². The Bertz CT molecular complexity index is 1220. The number of para-hydroxylation sites is 2. The summed E-state index contributed by atoms with van der Waals surface area (Å²) in [6, 6.07) is 22.9. The number of amides is 1. The summed E-state index contributed by atoms with van der Waals surface area (Å²) in [7, 11) is 1.95. The Morgan fingerprint density at radius 1 is 1.07 bits per heavy atom. The van der Waals surface area contributed by atoms with Crippen molar-refractivity contribution < 1.29 is 9.72 Å². The van der Waals surface area contributed by atoms with E-state index in [1.54, 1.807) is 6.07 Å². The van der Waals surface area contributed by atoms with E-state index in [9.17, 15) is 14.9 Å². The first-order valence-electron chi connectivity index (χ1n) is 9.53. The van der Waals surface area contributed by atoms with Gasteiger partial charge in [-0.2, -0.15) is 0 Å². The van der Waals surface area contributed by atoms with Gasteiger partial charge in [0.15, 0.2) is 0 Å². The minimum Gasteiger partial charge on any atom is -0.345 e. The minimum absolute atomic E-state index is 0.116. The first kappa shape index (κ1) is 19.3. The highest BCUT2D eigenvalue weighted by Gasteiger charge is 2.20. The van der Waals surface area contributed by atoms with Gasteiger partial charge in [-0.3, -0.25) is 14.9 Å². The van der Waals surface area contributed by atoms with Crippen molar-refractivity contribution in [1.82, 2.24) is 14.9 Å². The van der Waals surface area contributed by atoms with E-state index in [0.717, 1.165) is 22.4 Å². The van der Waals surface area contributed by atoms with Gasteiger partial charge in [0.25, 0.3) is 11.6 Å². The van der Waals surface area contributed by atoms with Crippen LogP contribution < -0.4 is 5.32 Å². The standard InChI is InChI=1S/C23H20N4O3/c1-26-21-13-6-5-12-19(21)24-22(26)15-20(16-8-3-2-4-9-16)25-23(28)17-10-7-11-18(14-17)27(29)30/h2-14,20H,15H2,1H3,(H,25,28)/t20-/m1/s1. The highest BCUT2D eigenvalue weighted by atomic mass is 16.6. The molecule has 0 saturated carbocycles. The number of imidazole rings is 1. The van der Waals surface area contributed by atoms with Gasteiger partial charge in [-0.05, 0) is 23.8 Å². The van der Waals surface area contributed by atoms with Crippen molar-refractivity contribution >= 4 is 22.6 Å². The third-order valence-corrected chi connectivity index (χ3v) is 5.09. The minimum atomic E-state index is -0.509. The van der Waals surface area contributed by atoms with Crippen LogP contribution in [0.4, 0.5) is 5.69 Å². The van der Waals surface area contributed by atoms with Crippen LogP contribution in [-0.2, 0) is 13.5 Å². The molecule has 0 saturated heterocycles. The highest BCUT2D eigenvalue weighted by molar-refractivity contribution is 5.95. The van der Waals surface area contributed by atoms with Crippen LogP contribution >= 0.6 is 0 Å². The van der Waals surface area contributed by atoms with Crippen LogP contribution in [0.3, 0.4) is 0 Å². The maximum absolute atomic E-state index is 12.9. The summed E-state index contributed by atoms with van der Waals surface area (Å²) in [6.45, 7) is 0. The first-order valence-corrected chi connectivity index (χ1v) is 9.53. The molecule has 0 aliphatic carbocycles. The number of nitro benzene ring substituents is 1. The van der Waals surface area contributed by atoms with E-state index in [0.29, 0.717) is 6.42 Å². The SMILES string of the molecule is Cn1c(C[C@@H](NC(=O)c2cccc([N+](=O)[O-])c2)c2ccccc2)nc2ccccc21. The molecule has 0 aliphatic rings. The molecule has 0 bridgehead atoms. The summed E-state index contributed by atoms with van der Waals surface area (Å²) in [5, 5.41) is 14.1. The van der Waals surface area contributed by atoms with Gasteiger partial charge >= 0.3 is 0 Å². The number of carbonyl (C=O) groups is 1. The van der Waals surface area contributed by atoms with Crippen LogP contribution in [0.15, 0.2) is 78.9 Å². The third kappa shape index (κ3) is 3.91. The Morgan fingerprint density at radius 2 is 1.80 bits per heavy atom. The average molecular weight is 400 g/mol. The number of nitrogens with zero attached hydrogens (tertiary/aromatic N) is 3. The topological polar surface area (TPSA) is 90.1 Å². The molecule has 1 aromatic heterocycles.